The summed E-state index contributed by atoms with van der Waals surface area (Å²) in [5.74, 6) is 1.30. The van der Waals surface area contributed by atoms with Gasteiger partial charge in [-0.3, -0.25) is 4.90 Å². The predicted octanol–water partition coefficient (Wildman–Crippen LogP) is 5.92. The zero-order valence-electron chi connectivity index (χ0n) is 25.8. The molecular weight excluding hydrogens is 525 g/mol. The molecule has 6 rings (SSSR count). The maximum absolute atomic E-state index is 13.6. The number of hydrogen-bond acceptors (Lipinski definition) is 6. The molecule has 7 nitrogen and oxygen atoms in total. The monoisotopic (exact) mass is 570 g/mol. The molecular formula is C34H45FN7+. The molecule has 0 atom stereocenters. The van der Waals surface area contributed by atoms with E-state index in [-0.39, 0.29) is 0 Å². The highest BCUT2D eigenvalue weighted by molar-refractivity contribution is 5.72. The fourth-order valence-corrected chi connectivity index (χ4v) is 6.01. The highest BCUT2D eigenvalue weighted by Crippen LogP contribution is 2.36. The Morgan fingerprint density at radius 2 is 1.86 bits per heavy atom. The standard InChI is InChI=1S/C27H31FN5.C5H11N.C2H3N/c1-5-25-29-23-16-31(24-11-7-10-21-9-6-8-18(2)26(21)24)13-12-22(23)27(30-25)33-15-14-32(17-33)20(4)19(3)28;1-6-4-2-3-5-6;1-2-3/h6,8-9,11,17H,3-5,7,10,12-16H2,1-2H3;2-5H2,1H3;1H3/q+1;;. The molecule has 4 aliphatic rings. The van der Waals surface area contributed by atoms with Crippen molar-refractivity contribution in [3.63, 3.8) is 0 Å². The van der Waals surface area contributed by atoms with Crippen LogP contribution in [0, 0.1) is 18.3 Å². The summed E-state index contributed by atoms with van der Waals surface area (Å²) in [6.07, 6.45) is 11.0. The SMILES string of the molecule is C=C(F)C(=C)N1C=[N+](c2nc(CC)nc3c2CCN(C2=CCCc4cccc(C)c42)C3)CC1.CC#N.CN1CCCC1. The lowest BCUT2D eigenvalue weighted by atomic mass is 9.89. The van der Waals surface area contributed by atoms with Crippen LogP contribution in [0.3, 0.4) is 0 Å². The molecule has 0 spiro atoms. The number of fused-ring (bicyclic) bond motifs is 2. The largest absolute Gasteiger partial charge is 0.365 e. The predicted molar refractivity (Wildman–Crippen MR) is 168 cm³/mol. The van der Waals surface area contributed by atoms with Crippen molar-refractivity contribution < 1.29 is 8.97 Å². The van der Waals surface area contributed by atoms with Gasteiger partial charge in [0.25, 0.3) is 5.82 Å². The Morgan fingerprint density at radius 3 is 2.50 bits per heavy atom. The summed E-state index contributed by atoms with van der Waals surface area (Å²) in [7, 11) is 2.17. The second-order valence-corrected chi connectivity index (χ2v) is 11.2. The van der Waals surface area contributed by atoms with Crippen LogP contribution >= 0.6 is 0 Å². The van der Waals surface area contributed by atoms with Gasteiger partial charge < -0.3 is 9.80 Å². The highest BCUT2D eigenvalue weighted by Gasteiger charge is 2.32. The van der Waals surface area contributed by atoms with E-state index in [1.165, 1.54) is 60.8 Å². The fraction of sp³-hybridized carbons (Fsp3) is 0.471. The summed E-state index contributed by atoms with van der Waals surface area (Å²) >= 11 is 0. The third-order valence-corrected chi connectivity index (χ3v) is 8.24. The number of rotatable bonds is 5. The van der Waals surface area contributed by atoms with Crippen LogP contribution in [-0.2, 0) is 25.8 Å². The van der Waals surface area contributed by atoms with Crippen LogP contribution in [0.25, 0.3) is 5.70 Å². The number of nitriles is 1. The molecule has 0 bridgehead atoms. The molecule has 0 amide bonds. The Morgan fingerprint density at radius 1 is 1.12 bits per heavy atom. The van der Waals surface area contributed by atoms with Crippen molar-refractivity contribution in [1.82, 2.24) is 24.7 Å². The number of hydrogen-bond donors (Lipinski definition) is 0. The van der Waals surface area contributed by atoms with Crippen molar-refractivity contribution in [1.29, 1.82) is 5.26 Å². The maximum atomic E-state index is 13.6. The summed E-state index contributed by atoms with van der Waals surface area (Å²) in [5.41, 5.74) is 8.12. The van der Waals surface area contributed by atoms with Crippen LogP contribution < -0.4 is 0 Å². The van der Waals surface area contributed by atoms with E-state index in [0.717, 1.165) is 62.7 Å². The molecule has 2 aromatic rings. The van der Waals surface area contributed by atoms with Gasteiger partial charge in [-0.25, -0.2) is 13.9 Å². The summed E-state index contributed by atoms with van der Waals surface area (Å²) in [6, 6.07) is 8.39. The summed E-state index contributed by atoms with van der Waals surface area (Å²) in [4.78, 5) is 16.5. The molecule has 1 aliphatic carbocycles. The maximum Gasteiger partial charge on any atom is 0.269 e. The number of halogens is 1. The fourth-order valence-electron chi connectivity index (χ4n) is 6.01. The van der Waals surface area contributed by atoms with Gasteiger partial charge in [0.15, 0.2) is 12.2 Å². The summed E-state index contributed by atoms with van der Waals surface area (Å²) in [5, 5.41) is 7.32. The lowest BCUT2D eigenvalue weighted by Gasteiger charge is -2.35. The average Bonchev–Trinajstić information content (AvgIpc) is 3.68. The topological polar surface area (TPSA) is 62.3 Å². The minimum atomic E-state index is -0.501. The van der Waals surface area contributed by atoms with E-state index >= 15 is 0 Å². The summed E-state index contributed by atoms with van der Waals surface area (Å²) < 4.78 is 15.7. The molecule has 8 heteroatoms. The van der Waals surface area contributed by atoms with Gasteiger partial charge in [-0.2, -0.15) is 5.26 Å². The smallest absolute Gasteiger partial charge is 0.269 e. The first-order valence-corrected chi connectivity index (χ1v) is 15.1. The number of aromatic nitrogens is 2. The minimum absolute atomic E-state index is 0.306. The van der Waals surface area contributed by atoms with Crippen LogP contribution in [0.5, 0.6) is 0 Å². The summed E-state index contributed by atoms with van der Waals surface area (Å²) in [6.45, 7) is 18.7. The number of nitrogens with zero attached hydrogens (tertiary/aromatic N) is 7. The first kappa shape index (κ1) is 31.1. The number of benzene rings is 1. The number of aryl methyl sites for hydroxylation is 3. The van der Waals surface area contributed by atoms with Crippen LogP contribution in [0.15, 0.2) is 49.0 Å². The van der Waals surface area contributed by atoms with Crippen LogP contribution in [0.1, 0.15) is 66.9 Å². The van der Waals surface area contributed by atoms with Gasteiger partial charge in [0.05, 0.1) is 30.4 Å². The Bertz CT molecular complexity index is 1410. The van der Waals surface area contributed by atoms with E-state index in [2.05, 4.69) is 72.7 Å². The van der Waals surface area contributed by atoms with E-state index in [1.54, 1.807) is 6.07 Å². The Hall–Kier alpha value is -3.83. The van der Waals surface area contributed by atoms with Crippen LogP contribution in [-0.4, -0.2) is 75.4 Å². The Labute approximate surface area is 251 Å². The van der Waals surface area contributed by atoms with Gasteiger partial charge in [-0.05, 0) is 70.3 Å². The third kappa shape index (κ3) is 7.14. The van der Waals surface area contributed by atoms with E-state index in [4.69, 9.17) is 15.2 Å². The lowest BCUT2D eigenvalue weighted by Crippen LogP contribution is -2.32. The first-order valence-electron chi connectivity index (χ1n) is 15.1. The second-order valence-electron chi connectivity index (χ2n) is 11.2. The van der Waals surface area contributed by atoms with Gasteiger partial charge in [-0.1, -0.05) is 49.3 Å². The molecule has 42 heavy (non-hydrogen) atoms. The molecule has 3 aliphatic heterocycles. The normalized spacial score (nSPS) is 17.4. The Kier molecular flexibility index (Phi) is 10.6. The molecule has 1 aromatic heterocycles. The number of allylic oxidation sites excluding steroid dienone is 2. The van der Waals surface area contributed by atoms with Crippen molar-refractivity contribution in [3.05, 3.63) is 82.7 Å². The average molecular weight is 571 g/mol. The van der Waals surface area contributed by atoms with Gasteiger partial charge in [0.2, 0.25) is 5.82 Å². The van der Waals surface area contributed by atoms with E-state index in [9.17, 15) is 4.39 Å². The first-order chi connectivity index (χ1) is 20.3. The molecule has 0 saturated carbocycles. The van der Waals surface area contributed by atoms with Crippen molar-refractivity contribution in [2.45, 2.75) is 65.8 Å². The lowest BCUT2D eigenvalue weighted by molar-refractivity contribution is -0.429. The Balaban J connectivity index is 0.000000390. The van der Waals surface area contributed by atoms with Crippen LogP contribution in [0.2, 0.25) is 0 Å². The zero-order chi connectivity index (χ0) is 30.2. The van der Waals surface area contributed by atoms with E-state index < -0.39 is 5.83 Å². The van der Waals surface area contributed by atoms with Crippen molar-refractivity contribution in [2.75, 3.05) is 39.8 Å². The molecule has 0 unspecified atom stereocenters. The minimum Gasteiger partial charge on any atom is -0.365 e. The molecule has 1 fully saturated rings. The molecule has 0 N–H and O–H groups in total. The molecule has 1 aromatic carbocycles. The van der Waals surface area contributed by atoms with Crippen molar-refractivity contribution in [2.24, 2.45) is 0 Å². The van der Waals surface area contributed by atoms with Gasteiger partial charge in [-0.15, -0.1) is 0 Å². The van der Waals surface area contributed by atoms with Crippen LogP contribution in [0.4, 0.5) is 10.2 Å². The van der Waals surface area contributed by atoms with Gasteiger partial charge in [0, 0.05) is 31.1 Å². The molecule has 0 radical (unpaired) electrons. The van der Waals surface area contributed by atoms with Crippen molar-refractivity contribution in [3.8, 4) is 6.07 Å². The second kappa shape index (κ2) is 14.4. The number of likely N-dealkylation sites (tertiary alicyclic amines) is 1. The third-order valence-electron chi connectivity index (χ3n) is 8.24. The van der Waals surface area contributed by atoms with E-state index in [0.29, 0.717) is 12.2 Å². The quantitative estimate of drug-likeness (QED) is 0.329. The molecule has 1 saturated heterocycles. The zero-order valence-corrected chi connectivity index (χ0v) is 25.8. The van der Waals surface area contributed by atoms with E-state index in [1.807, 2.05) is 11.2 Å². The van der Waals surface area contributed by atoms with Gasteiger partial charge in [0.1, 0.15) is 12.2 Å². The van der Waals surface area contributed by atoms with Gasteiger partial charge >= 0.3 is 0 Å². The molecule has 222 valence electrons. The van der Waals surface area contributed by atoms with Crippen molar-refractivity contribution >= 4 is 17.9 Å². The highest BCUT2D eigenvalue weighted by atomic mass is 19.1. The molecule has 4 heterocycles.